The standard InChI is InChI=1S/C6H11OS2/c1-2-3-4-5-9-6(7)8/h2-5H2,1H3. The molecule has 0 aliphatic carbocycles. The number of thioether (sulfide) groups is 1. The van der Waals surface area contributed by atoms with Crippen LogP contribution < -0.4 is 0 Å². The molecule has 1 nitrogen and oxygen atoms in total. The van der Waals surface area contributed by atoms with E-state index in [2.05, 4.69) is 19.1 Å². The Balaban J connectivity index is 2.83. The van der Waals surface area contributed by atoms with E-state index in [-0.39, 0.29) is 4.38 Å². The van der Waals surface area contributed by atoms with Crippen LogP contribution in [0.2, 0.25) is 0 Å². The van der Waals surface area contributed by atoms with Gasteiger partial charge in [0.2, 0.25) is 0 Å². The third-order valence-corrected chi connectivity index (χ3v) is 2.05. The van der Waals surface area contributed by atoms with Gasteiger partial charge in [-0.1, -0.05) is 31.5 Å². The normalized spacial score (nSPS) is 9.44. The van der Waals surface area contributed by atoms with Crippen LogP contribution in [0.5, 0.6) is 0 Å². The van der Waals surface area contributed by atoms with Crippen molar-refractivity contribution < 1.29 is 5.11 Å². The van der Waals surface area contributed by atoms with E-state index < -0.39 is 0 Å². The van der Waals surface area contributed by atoms with E-state index >= 15 is 0 Å². The van der Waals surface area contributed by atoms with Gasteiger partial charge in [-0.15, -0.1) is 0 Å². The molecule has 0 aliphatic rings. The van der Waals surface area contributed by atoms with Gasteiger partial charge in [0.15, 0.2) is 0 Å². The van der Waals surface area contributed by atoms with Crippen molar-refractivity contribution in [2.24, 2.45) is 0 Å². The number of hydrogen-bond donors (Lipinski definition) is 0. The molecule has 0 aromatic carbocycles. The lowest BCUT2D eigenvalue weighted by molar-refractivity contribution is 0.456. The molecule has 0 aliphatic heterocycles. The Morgan fingerprint density at radius 2 is 2.22 bits per heavy atom. The Labute approximate surface area is 65.8 Å². The fourth-order valence-corrected chi connectivity index (χ4v) is 1.27. The van der Waals surface area contributed by atoms with Gasteiger partial charge in [0.05, 0.1) is 0 Å². The second-order valence-corrected chi connectivity index (χ2v) is 3.50. The van der Waals surface area contributed by atoms with Gasteiger partial charge in [-0.3, -0.25) is 5.11 Å². The summed E-state index contributed by atoms with van der Waals surface area (Å²) in [5.41, 5.74) is 0. The van der Waals surface area contributed by atoms with Crippen LogP contribution in [0.15, 0.2) is 0 Å². The molecule has 0 aromatic heterocycles. The van der Waals surface area contributed by atoms with Crippen LogP contribution in [0, 0.1) is 0 Å². The van der Waals surface area contributed by atoms with E-state index in [1.165, 1.54) is 24.6 Å². The topological polar surface area (TPSA) is 19.9 Å². The zero-order valence-electron chi connectivity index (χ0n) is 5.55. The van der Waals surface area contributed by atoms with Crippen molar-refractivity contribution in [1.29, 1.82) is 0 Å². The third-order valence-electron chi connectivity index (χ3n) is 0.968. The highest BCUT2D eigenvalue weighted by Gasteiger charge is 1.93. The monoisotopic (exact) mass is 163 g/mol. The molecule has 3 heteroatoms. The molecule has 1 radical (unpaired) electrons. The minimum absolute atomic E-state index is 0.175. The molecule has 0 amide bonds. The summed E-state index contributed by atoms with van der Waals surface area (Å²) >= 11 is 5.60. The van der Waals surface area contributed by atoms with E-state index in [1.54, 1.807) is 0 Å². The molecule has 0 aromatic rings. The molecule has 0 saturated heterocycles. The molecule has 53 valence electrons. The lowest BCUT2D eigenvalue weighted by Gasteiger charge is -1.92. The Morgan fingerprint density at radius 1 is 1.56 bits per heavy atom. The summed E-state index contributed by atoms with van der Waals surface area (Å²) in [5, 5.41) is 10.2. The largest absolute Gasteiger partial charge is 0.276 e. The van der Waals surface area contributed by atoms with E-state index in [0.717, 1.165) is 12.2 Å². The Morgan fingerprint density at radius 3 is 2.67 bits per heavy atom. The Hall–Kier alpha value is 0.240. The predicted octanol–water partition coefficient (Wildman–Crippen LogP) is 2.63. The minimum Gasteiger partial charge on any atom is -0.269 e. The highest BCUT2D eigenvalue weighted by molar-refractivity contribution is 8.22. The zero-order valence-corrected chi connectivity index (χ0v) is 7.19. The molecule has 0 unspecified atom stereocenters. The molecule has 0 saturated carbocycles. The van der Waals surface area contributed by atoms with Gasteiger partial charge in [0.1, 0.15) is 0 Å². The number of unbranched alkanes of at least 4 members (excludes halogenated alkanes) is 2. The maximum absolute atomic E-state index is 10.2. The zero-order chi connectivity index (χ0) is 7.11. The lowest BCUT2D eigenvalue weighted by Crippen LogP contribution is -1.84. The summed E-state index contributed by atoms with van der Waals surface area (Å²) in [6.45, 7) is 2.14. The van der Waals surface area contributed by atoms with Gasteiger partial charge in [0, 0.05) is 5.75 Å². The van der Waals surface area contributed by atoms with Crippen molar-refractivity contribution in [1.82, 2.24) is 0 Å². The Kier molecular flexibility index (Phi) is 6.53. The van der Waals surface area contributed by atoms with Gasteiger partial charge in [0.25, 0.3) is 4.38 Å². The molecular weight excluding hydrogens is 152 g/mol. The maximum atomic E-state index is 10.2. The fraction of sp³-hybridized carbons (Fsp3) is 0.833. The first-order valence-electron chi connectivity index (χ1n) is 3.11. The van der Waals surface area contributed by atoms with Crippen molar-refractivity contribution in [3.8, 4) is 0 Å². The SMILES string of the molecule is CCCCCSC([O])=S. The van der Waals surface area contributed by atoms with E-state index in [4.69, 9.17) is 0 Å². The molecule has 0 spiro atoms. The molecule has 0 bridgehead atoms. The minimum atomic E-state index is -0.175. The summed E-state index contributed by atoms with van der Waals surface area (Å²) < 4.78 is -0.175. The fourth-order valence-electron chi connectivity index (χ4n) is 0.508. The highest BCUT2D eigenvalue weighted by Crippen LogP contribution is 2.06. The Bertz CT molecular complexity index is 83.1. The first-order chi connectivity index (χ1) is 4.27. The number of thiocarbonyl (C=S) groups is 1. The van der Waals surface area contributed by atoms with Crippen molar-refractivity contribution in [2.75, 3.05) is 5.75 Å². The van der Waals surface area contributed by atoms with Crippen LogP contribution in [-0.4, -0.2) is 10.1 Å². The first kappa shape index (κ1) is 9.24. The first-order valence-corrected chi connectivity index (χ1v) is 4.50. The number of hydrogen-bond acceptors (Lipinski definition) is 2. The van der Waals surface area contributed by atoms with E-state index in [0.29, 0.717) is 0 Å². The van der Waals surface area contributed by atoms with Gasteiger partial charge >= 0.3 is 0 Å². The second kappa shape index (κ2) is 6.36. The smallest absolute Gasteiger partial charge is 0.269 e. The van der Waals surface area contributed by atoms with Gasteiger partial charge in [-0.05, 0) is 18.6 Å². The van der Waals surface area contributed by atoms with E-state index in [1.807, 2.05) is 0 Å². The van der Waals surface area contributed by atoms with Crippen LogP contribution in [0.4, 0.5) is 0 Å². The van der Waals surface area contributed by atoms with Crippen molar-refractivity contribution in [3.05, 3.63) is 0 Å². The lowest BCUT2D eigenvalue weighted by atomic mass is 10.3. The van der Waals surface area contributed by atoms with Crippen LogP contribution in [-0.2, 0) is 5.11 Å². The van der Waals surface area contributed by atoms with Gasteiger partial charge in [-0.25, -0.2) is 0 Å². The molecular formula is C6H11OS2. The summed E-state index contributed by atoms with van der Waals surface area (Å²) in [5.74, 6) is 0.899. The van der Waals surface area contributed by atoms with Crippen molar-refractivity contribution in [2.45, 2.75) is 26.2 Å². The van der Waals surface area contributed by atoms with Crippen LogP contribution in [0.1, 0.15) is 26.2 Å². The van der Waals surface area contributed by atoms with Crippen molar-refractivity contribution in [3.63, 3.8) is 0 Å². The third kappa shape index (κ3) is 8.24. The summed E-state index contributed by atoms with van der Waals surface area (Å²) in [4.78, 5) is 0. The van der Waals surface area contributed by atoms with Crippen LogP contribution in [0.25, 0.3) is 0 Å². The molecule has 0 atom stereocenters. The quantitative estimate of drug-likeness (QED) is 0.469. The van der Waals surface area contributed by atoms with E-state index in [9.17, 15) is 5.11 Å². The maximum Gasteiger partial charge on any atom is 0.276 e. The average molecular weight is 163 g/mol. The second-order valence-electron chi connectivity index (χ2n) is 1.81. The summed E-state index contributed by atoms with van der Waals surface area (Å²) in [7, 11) is 0. The van der Waals surface area contributed by atoms with Crippen LogP contribution in [0.3, 0.4) is 0 Å². The summed E-state index contributed by atoms with van der Waals surface area (Å²) in [6, 6.07) is 0. The number of rotatable bonds is 4. The highest BCUT2D eigenvalue weighted by atomic mass is 32.2. The molecule has 0 heterocycles. The molecule has 0 fully saturated rings. The summed E-state index contributed by atoms with van der Waals surface area (Å²) in [6.07, 6.45) is 3.52. The van der Waals surface area contributed by atoms with Gasteiger partial charge < -0.3 is 0 Å². The van der Waals surface area contributed by atoms with Crippen molar-refractivity contribution >= 4 is 28.4 Å². The molecule has 9 heavy (non-hydrogen) atoms. The van der Waals surface area contributed by atoms with Crippen LogP contribution >= 0.6 is 24.0 Å². The predicted molar refractivity (Wildman–Crippen MR) is 45.3 cm³/mol. The van der Waals surface area contributed by atoms with Gasteiger partial charge in [-0.2, -0.15) is 0 Å². The molecule has 0 N–H and O–H groups in total. The molecule has 0 rings (SSSR count). The average Bonchev–Trinajstić information content (AvgIpc) is 1.80.